The van der Waals surface area contributed by atoms with Crippen LogP contribution in [0, 0.1) is 0 Å². The van der Waals surface area contributed by atoms with E-state index in [0.29, 0.717) is 18.0 Å². The van der Waals surface area contributed by atoms with Crippen LogP contribution in [-0.2, 0) is 17.8 Å². The van der Waals surface area contributed by atoms with Crippen molar-refractivity contribution in [1.29, 1.82) is 0 Å². The molecule has 0 bridgehead atoms. The Balaban J connectivity index is 1.58. The number of hydrogen-bond donors (Lipinski definition) is 1. The first-order valence-electron chi connectivity index (χ1n) is 9.45. The average molecular weight is 384 g/mol. The van der Waals surface area contributed by atoms with Crippen molar-refractivity contribution in [3.05, 3.63) is 47.7 Å². The van der Waals surface area contributed by atoms with Crippen molar-refractivity contribution >= 4 is 11.7 Å². The number of nitrogens with zero attached hydrogens (tertiary/aromatic N) is 3. The number of piperazine rings is 1. The predicted octanol–water partition coefficient (Wildman–Crippen LogP) is 1.71. The van der Waals surface area contributed by atoms with Gasteiger partial charge >= 0.3 is 0 Å². The van der Waals surface area contributed by atoms with Gasteiger partial charge in [0.1, 0.15) is 17.3 Å². The first kappa shape index (κ1) is 19.9. The summed E-state index contributed by atoms with van der Waals surface area (Å²) in [4.78, 5) is 21.5. The highest BCUT2D eigenvalue weighted by molar-refractivity contribution is 5.79. The van der Waals surface area contributed by atoms with E-state index < -0.39 is 0 Å². The fourth-order valence-corrected chi connectivity index (χ4v) is 3.24. The lowest BCUT2D eigenvalue weighted by Gasteiger charge is -2.33. The van der Waals surface area contributed by atoms with E-state index in [0.717, 1.165) is 43.1 Å². The Labute approximate surface area is 166 Å². The molecule has 1 aliphatic heterocycles. The molecule has 1 aromatic carbocycles. The minimum absolute atomic E-state index is 0.0653. The van der Waals surface area contributed by atoms with Gasteiger partial charge in [-0.3, -0.25) is 4.79 Å². The molecule has 150 valence electrons. The largest absolute Gasteiger partial charge is 0.497 e. The molecular weight excluding hydrogens is 356 g/mol. The van der Waals surface area contributed by atoms with Gasteiger partial charge in [-0.1, -0.05) is 0 Å². The van der Waals surface area contributed by atoms with Gasteiger partial charge in [-0.2, -0.15) is 0 Å². The number of methoxy groups -OCH3 is 2. The van der Waals surface area contributed by atoms with Gasteiger partial charge in [0, 0.05) is 44.5 Å². The average Bonchev–Trinajstić information content (AvgIpc) is 2.73. The summed E-state index contributed by atoms with van der Waals surface area (Å²) in [5.41, 5.74) is 1.84. The van der Waals surface area contributed by atoms with E-state index in [-0.39, 0.29) is 12.3 Å². The van der Waals surface area contributed by atoms with Gasteiger partial charge in [0.05, 0.1) is 20.6 Å². The monoisotopic (exact) mass is 384 g/mol. The molecule has 1 N–H and O–H groups in total. The number of anilines is 1. The number of pyridine rings is 1. The second kappa shape index (κ2) is 9.41. The molecule has 7 nitrogen and oxygen atoms in total. The molecule has 2 heterocycles. The van der Waals surface area contributed by atoms with Crippen LogP contribution in [0.2, 0.25) is 0 Å². The van der Waals surface area contributed by atoms with Gasteiger partial charge in [0.2, 0.25) is 5.91 Å². The number of nitrogens with one attached hydrogen (secondary N) is 1. The molecule has 1 aliphatic rings. The van der Waals surface area contributed by atoms with Gasteiger partial charge in [0.15, 0.2) is 0 Å². The molecule has 0 aliphatic carbocycles. The number of carbonyl (C=O) groups excluding carboxylic acids is 1. The quantitative estimate of drug-likeness (QED) is 0.784. The van der Waals surface area contributed by atoms with Crippen LogP contribution < -0.4 is 19.7 Å². The van der Waals surface area contributed by atoms with Gasteiger partial charge in [-0.25, -0.2) is 4.98 Å². The normalized spacial score (nSPS) is 14.6. The third-order valence-corrected chi connectivity index (χ3v) is 4.97. The van der Waals surface area contributed by atoms with Crippen molar-refractivity contribution in [2.45, 2.75) is 13.0 Å². The fourth-order valence-electron chi connectivity index (χ4n) is 3.24. The first-order valence-corrected chi connectivity index (χ1v) is 9.45. The van der Waals surface area contributed by atoms with Crippen LogP contribution >= 0.6 is 0 Å². The van der Waals surface area contributed by atoms with Crippen molar-refractivity contribution in [1.82, 2.24) is 15.2 Å². The summed E-state index contributed by atoms with van der Waals surface area (Å²) in [6.45, 7) is 4.47. The number of aromatic nitrogens is 1. The molecule has 1 fully saturated rings. The maximum absolute atomic E-state index is 12.4. The van der Waals surface area contributed by atoms with Crippen LogP contribution in [0.4, 0.5) is 5.82 Å². The zero-order valence-electron chi connectivity index (χ0n) is 16.8. The van der Waals surface area contributed by atoms with Crippen LogP contribution in [0.3, 0.4) is 0 Å². The van der Waals surface area contributed by atoms with Gasteiger partial charge in [-0.15, -0.1) is 0 Å². The molecule has 0 spiro atoms. The first-order chi connectivity index (χ1) is 13.6. The van der Waals surface area contributed by atoms with E-state index in [9.17, 15) is 4.79 Å². The standard InChI is InChI=1S/C21H28N4O3/c1-24-8-10-25(11-9-24)20-12-16(6-7-22-20)15-23-21(26)14-17-13-18(27-2)4-5-19(17)28-3/h4-7,12-13H,8-11,14-15H2,1-3H3,(H,23,26). The van der Waals surface area contributed by atoms with Crippen LogP contribution in [-0.4, -0.2) is 63.2 Å². The van der Waals surface area contributed by atoms with E-state index in [1.807, 2.05) is 24.3 Å². The third-order valence-electron chi connectivity index (χ3n) is 4.97. The van der Waals surface area contributed by atoms with Crippen LogP contribution in [0.5, 0.6) is 11.5 Å². The summed E-state index contributed by atoms with van der Waals surface area (Å²) >= 11 is 0. The number of hydrogen-bond acceptors (Lipinski definition) is 6. The zero-order valence-corrected chi connectivity index (χ0v) is 16.8. The SMILES string of the molecule is COc1ccc(OC)c(CC(=O)NCc2ccnc(N3CCN(C)CC3)c2)c1. The van der Waals surface area contributed by atoms with E-state index >= 15 is 0 Å². The minimum Gasteiger partial charge on any atom is -0.497 e. The molecule has 0 radical (unpaired) electrons. The number of benzene rings is 1. The van der Waals surface area contributed by atoms with Crippen molar-refractivity contribution in [3.8, 4) is 11.5 Å². The maximum atomic E-state index is 12.4. The molecule has 0 atom stereocenters. The Morgan fingerprint density at radius 1 is 1.11 bits per heavy atom. The van der Waals surface area contributed by atoms with E-state index in [4.69, 9.17) is 9.47 Å². The predicted molar refractivity (Wildman–Crippen MR) is 109 cm³/mol. The highest BCUT2D eigenvalue weighted by atomic mass is 16.5. The molecule has 0 unspecified atom stereocenters. The Morgan fingerprint density at radius 2 is 1.89 bits per heavy atom. The zero-order chi connectivity index (χ0) is 19.9. The van der Waals surface area contributed by atoms with Crippen molar-refractivity contribution in [2.75, 3.05) is 52.3 Å². The van der Waals surface area contributed by atoms with Crippen LogP contribution in [0.25, 0.3) is 0 Å². The molecule has 1 saturated heterocycles. The van der Waals surface area contributed by atoms with Crippen LogP contribution in [0.15, 0.2) is 36.5 Å². The second-order valence-electron chi connectivity index (χ2n) is 6.94. The van der Waals surface area contributed by atoms with Crippen molar-refractivity contribution in [3.63, 3.8) is 0 Å². The third kappa shape index (κ3) is 5.13. The minimum atomic E-state index is -0.0653. The number of likely N-dealkylation sites (N-methyl/N-ethyl adjacent to an activating group) is 1. The maximum Gasteiger partial charge on any atom is 0.224 e. The molecule has 1 aromatic heterocycles. The molecule has 0 saturated carbocycles. The number of amides is 1. The molecule has 3 rings (SSSR count). The topological polar surface area (TPSA) is 66.9 Å². The molecule has 1 amide bonds. The summed E-state index contributed by atoms with van der Waals surface area (Å²) in [5, 5.41) is 2.98. The molecule has 28 heavy (non-hydrogen) atoms. The Kier molecular flexibility index (Phi) is 6.71. The summed E-state index contributed by atoms with van der Waals surface area (Å²) in [6, 6.07) is 9.45. The van der Waals surface area contributed by atoms with Gasteiger partial charge in [0.25, 0.3) is 0 Å². The number of rotatable bonds is 7. The van der Waals surface area contributed by atoms with Gasteiger partial charge in [-0.05, 0) is 42.9 Å². The smallest absolute Gasteiger partial charge is 0.224 e. The van der Waals surface area contributed by atoms with Crippen molar-refractivity contribution in [2.24, 2.45) is 0 Å². The lowest BCUT2D eigenvalue weighted by Crippen LogP contribution is -2.44. The van der Waals surface area contributed by atoms with E-state index in [1.54, 1.807) is 20.4 Å². The van der Waals surface area contributed by atoms with E-state index in [1.165, 1.54) is 0 Å². The Bertz CT molecular complexity index is 804. The summed E-state index contributed by atoms with van der Waals surface area (Å²) in [5.74, 6) is 2.28. The molecular formula is C21H28N4O3. The molecule has 2 aromatic rings. The summed E-state index contributed by atoms with van der Waals surface area (Å²) < 4.78 is 10.6. The molecule has 7 heteroatoms. The lowest BCUT2D eigenvalue weighted by atomic mass is 10.1. The van der Waals surface area contributed by atoms with Gasteiger partial charge < -0.3 is 24.6 Å². The van der Waals surface area contributed by atoms with Crippen LogP contribution in [0.1, 0.15) is 11.1 Å². The lowest BCUT2D eigenvalue weighted by molar-refractivity contribution is -0.120. The Hall–Kier alpha value is -2.80. The van der Waals surface area contributed by atoms with E-state index in [2.05, 4.69) is 33.2 Å². The second-order valence-corrected chi connectivity index (χ2v) is 6.94. The highest BCUT2D eigenvalue weighted by Crippen LogP contribution is 2.24. The summed E-state index contributed by atoms with van der Waals surface area (Å²) in [7, 11) is 5.33. The summed E-state index contributed by atoms with van der Waals surface area (Å²) in [6.07, 6.45) is 2.04. The fraction of sp³-hybridized carbons (Fsp3) is 0.429. The Morgan fingerprint density at radius 3 is 2.61 bits per heavy atom. The highest BCUT2D eigenvalue weighted by Gasteiger charge is 2.16. The number of carbonyl (C=O) groups is 1. The van der Waals surface area contributed by atoms with Crippen molar-refractivity contribution < 1.29 is 14.3 Å². The number of ether oxygens (including phenoxy) is 2.